The van der Waals surface area contributed by atoms with Crippen LogP contribution in [0, 0.1) is 0 Å². The highest BCUT2D eigenvalue weighted by molar-refractivity contribution is 8.01. The minimum absolute atomic E-state index is 0.220. The SMILES string of the molecule is CC(=O)[O-].C[P+](C)(C)C.O=C([O-])c1ccccc1.c1ccc([P+](c2ccccc2)(c2ccccc2)c2ccccc2)cc1. The molecule has 0 N–H and O–H groups in total. The number of hydrogen-bond acceptors (Lipinski definition) is 4. The molecule has 222 valence electrons. The van der Waals surface area contributed by atoms with Gasteiger partial charge in [0.1, 0.15) is 28.5 Å². The maximum absolute atomic E-state index is 10.1. The van der Waals surface area contributed by atoms with E-state index < -0.39 is 19.2 Å². The van der Waals surface area contributed by atoms with Gasteiger partial charge in [-0.2, -0.15) is 0 Å². The van der Waals surface area contributed by atoms with Gasteiger partial charge in [0.05, 0.1) is 5.97 Å². The first-order valence-corrected chi connectivity index (χ1v) is 19.2. The van der Waals surface area contributed by atoms with Crippen LogP contribution in [-0.2, 0) is 4.79 Å². The zero-order valence-corrected chi connectivity index (χ0v) is 27.3. The third-order valence-electron chi connectivity index (χ3n) is 5.58. The number of carbonyl (C=O) groups is 2. The average Bonchev–Trinajstić information content (AvgIpc) is 3.00. The number of aliphatic carboxylic acids is 1. The van der Waals surface area contributed by atoms with Crippen molar-refractivity contribution in [2.24, 2.45) is 0 Å². The molecule has 0 aliphatic heterocycles. The Hall–Kier alpha value is -4.10. The predicted molar refractivity (Wildman–Crippen MR) is 183 cm³/mol. The van der Waals surface area contributed by atoms with E-state index in [0.717, 1.165) is 6.92 Å². The first-order chi connectivity index (χ1) is 20.5. The predicted octanol–water partition coefficient (Wildman–Crippen LogP) is 4.64. The summed E-state index contributed by atoms with van der Waals surface area (Å²) >= 11 is 0. The van der Waals surface area contributed by atoms with Crippen LogP contribution in [0.2, 0.25) is 0 Å². The van der Waals surface area contributed by atoms with E-state index >= 15 is 0 Å². The molecule has 4 nitrogen and oxygen atoms in total. The summed E-state index contributed by atoms with van der Waals surface area (Å²) in [5.74, 6) is -2.21. The van der Waals surface area contributed by atoms with Crippen LogP contribution in [0.3, 0.4) is 0 Å². The van der Waals surface area contributed by atoms with Crippen LogP contribution in [-0.4, -0.2) is 38.6 Å². The van der Waals surface area contributed by atoms with Crippen LogP contribution in [0.25, 0.3) is 0 Å². The number of aromatic carboxylic acids is 1. The van der Waals surface area contributed by atoms with E-state index in [1.807, 2.05) is 0 Å². The third-order valence-corrected chi connectivity index (χ3v) is 9.87. The van der Waals surface area contributed by atoms with Crippen molar-refractivity contribution in [3.05, 3.63) is 157 Å². The Morgan fingerprint density at radius 3 is 0.791 bits per heavy atom. The molecule has 6 heteroatoms. The number of rotatable bonds is 5. The quantitative estimate of drug-likeness (QED) is 0.272. The number of hydrogen-bond donors (Lipinski definition) is 0. The van der Waals surface area contributed by atoms with Crippen molar-refractivity contribution in [2.45, 2.75) is 6.92 Å². The molecule has 0 bridgehead atoms. The number of carbonyl (C=O) groups excluding carboxylic acids is 2. The summed E-state index contributed by atoms with van der Waals surface area (Å²) in [5, 5.41) is 24.5. The lowest BCUT2D eigenvalue weighted by Gasteiger charge is -2.27. The molecule has 0 amide bonds. The molecule has 0 spiro atoms. The number of carboxylic acids is 2. The minimum Gasteiger partial charge on any atom is -0.550 e. The van der Waals surface area contributed by atoms with E-state index in [2.05, 4.69) is 148 Å². The van der Waals surface area contributed by atoms with E-state index in [1.165, 1.54) is 33.4 Å². The molecule has 5 aromatic rings. The smallest absolute Gasteiger partial charge is 0.144 e. The summed E-state index contributed by atoms with van der Waals surface area (Å²) in [7, 11) is -2.29. The van der Waals surface area contributed by atoms with Crippen molar-refractivity contribution in [3.8, 4) is 0 Å². The van der Waals surface area contributed by atoms with Crippen LogP contribution in [0.1, 0.15) is 17.3 Å². The molecule has 0 aliphatic rings. The summed E-state index contributed by atoms with van der Waals surface area (Å²) in [6.45, 7) is 10.2. The van der Waals surface area contributed by atoms with Gasteiger partial charge >= 0.3 is 0 Å². The van der Waals surface area contributed by atoms with Gasteiger partial charge in [-0.05, 0) is 61.0 Å². The summed E-state index contributed by atoms with van der Waals surface area (Å²) in [6.07, 6.45) is 0. The topological polar surface area (TPSA) is 80.3 Å². The lowest BCUT2D eigenvalue weighted by Crippen LogP contribution is -2.38. The van der Waals surface area contributed by atoms with Crippen LogP contribution in [0.15, 0.2) is 152 Å². The van der Waals surface area contributed by atoms with Gasteiger partial charge in [-0.25, -0.2) is 0 Å². The maximum atomic E-state index is 10.1. The second-order valence-corrected chi connectivity index (χ2v) is 19.6. The summed E-state index contributed by atoms with van der Waals surface area (Å²) in [6, 6.07) is 51.9. The minimum atomic E-state index is -1.91. The first kappa shape index (κ1) is 35.1. The van der Waals surface area contributed by atoms with Crippen molar-refractivity contribution >= 4 is 47.7 Å². The highest BCUT2D eigenvalue weighted by atomic mass is 31.2. The molecule has 5 aromatic carbocycles. The molecule has 0 aliphatic carbocycles. The number of carboxylic acid groups (broad SMARTS) is 2. The van der Waals surface area contributed by atoms with E-state index in [-0.39, 0.29) is 12.8 Å². The van der Waals surface area contributed by atoms with Crippen LogP contribution in [0.4, 0.5) is 0 Å². The van der Waals surface area contributed by atoms with Crippen LogP contribution >= 0.6 is 14.5 Å². The van der Waals surface area contributed by atoms with Crippen LogP contribution in [0.5, 0.6) is 0 Å². The Morgan fingerprint density at radius 2 is 0.628 bits per heavy atom. The average molecular weight is 611 g/mol. The lowest BCUT2D eigenvalue weighted by molar-refractivity contribution is -0.302. The molecular formula is C37H40O4P2. The fourth-order valence-corrected chi connectivity index (χ4v) is 8.34. The van der Waals surface area contributed by atoms with Gasteiger partial charge in [0, 0.05) is 39.9 Å². The Labute approximate surface area is 257 Å². The zero-order chi connectivity index (χ0) is 31.7. The Balaban J connectivity index is 0.000000294. The molecule has 0 saturated carbocycles. The fraction of sp³-hybridized carbons (Fsp3) is 0.135. The Kier molecular flexibility index (Phi) is 14.5. The Morgan fingerprint density at radius 1 is 0.442 bits per heavy atom. The largest absolute Gasteiger partial charge is 0.550 e. The van der Waals surface area contributed by atoms with Gasteiger partial charge in [0.15, 0.2) is 0 Å². The second kappa shape index (κ2) is 17.8. The second-order valence-electron chi connectivity index (χ2n) is 10.8. The van der Waals surface area contributed by atoms with Gasteiger partial charge in [0.2, 0.25) is 0 Å². The van der Waals surface area contributed by atoms with Gasteiger partial charge < -0.3 is 19.8 Å². The normalized spacial score (nSPS) is 10.3. The van der Waals surface area contributed by atoms with Crippen molar-refractivity contribution in [2.75, 3.05) is 26.7 Å². The van der Waals surface area contributed by atoms with Gasteiger partial charge in [0.25, 0.3) is 0 Å². The molecule has 0 heterocycles. The fourth-order valence-electron chi connectivity index (χ4n) is 4.08. The zero-order valence-electron chi connectivity index (χ0n) is 25.5. The van der Waals surface area contributed by atoms with E-state index in [0.29, 0.717) is 0 Å². The van der Waals surface area contributed by atoms with Crippen molar-refractivity contribution in [3.63, 3.8) is 0 Å². The summed E-state index contributed by atoms with van der Waals surface area (Å²) in [5.41, 5.74) is 0.220. The van der Waals surface area contributed by atoms with Crippen LogP contribution < -0.4 is 31.4 Å². The summed E-state index contributed by atoms with van der Waals surface area (Å²) < 4.78 is 0. The van der Waals surface area contributed by atoms with Crippen molar-refractivity contribution < 1.29 is 19.8 Å². The van der Waals surface area contributed by atoms with E-state index in [4.69, 9.17) is 9.90 Å². The highest BCUT2D eigenvalue weighted by Crippen LogP contribution is 2.54. The van der Waals surface area contributed by atoms with E-state index in [1.54, 1.807) is 18.2 Å². The third kappa shape index (κ3) is 12.0. The van der Waals surface area contributed by atoms with Gasteiger partial charge in [-0.15, -0.1) is 0 Å². The van der Waals surface area contributed by atoms with E-state index in [9.17, 15) is 9.90 Å². The molecule has 43 heavy (non-hydrogen) atoms. The monoisotopic (exact) mass is 610 g/mol. The number of benzene rings is 5. The highest BCUT2D eigenvalue weighted by Gasteiger charge is 2.47. The first-order valence-electron chi connectivity index (χ1n) is 13.8. The van der Waals surface area contributed by atoms with Crippen molar-refractivity contribution in [1.82, 2.24) is 0 Å². The standard InChI is InChI=1S/C24H20P.C7H6O2.C4H12P.C2H4O2/c1-5-13-21(14-6-1)25(22-15-7-2-8-16-22,23-17-9-3-10-18-23)24-19-11-4-12-20-24;8-7(9)6-4-2-1-3-5-6;1-5(2,3)4;1-2(3)4/h1-20H;1-5H,(H,8,9);1-4H3;1H3,(H,3,4)/q+1;;+1;/p-2. The van der Waals surface area contributed by atoms with Gasteiger partial charge in [-0.1, -0.05) is 103 Å². The molecule has 0 aromatic heterocycles. The molecular weight excluding hydrogens is 570 g/mol. The molecule has 0 fully saturated rings. The summed E-state index contributed by atoms with van der Waals surface area (Å²) in [4.78, 5) is 19.0. The molecule has 5 rings (SSSR count). The molecule has 0 radical (unpaired) electrons. The molecule has 0 saturated heterocycles. The maximum Gasteiger partial charge on any atom is 0.144 e. The molecule has 0 unspecified atom stereocenters. The van der Waals surface area contributed by atoms with Crippen molar-refractivity contribution in [1.29, 1.82) is 0 Å². The lowest BCUT2D eigenvalue weighted by atomic mass is 10.2. The Bertz CT molecular complexity index is 1310. The molecule has 0 atom stereocenters. The van der Waals surface area contributed by atoms with Gasteiger partial charge in [-0.3, -0.25) is 0 Å².